The molecular formula is C20H19N5O3S. The second kappa shape index (κ2) is 8.36. The van der Waals surface area contributed by atoms with E-state index in [2.05, 4.69) is 15.5 Å². The molecule has 1 fully saturated rings. The Balaban J connectivity index is 1.36. The second-order valence-corrected chi connectivity index (χ2v) is 7.75. The number of hydrogen-bond donors (Lipinski definition) is 1. The number of rotatable bonds is 5. The summed E-state index contributed by atoms with van der Waals surface area (Å²) in [7, 11) is 0. The molecule has 2 aromatic carbocycles. The summed E-state index contributed by atoms with van der Waals surface area (Å²) in [6.45, 7) is 1.18. The molecule has 0 unspecified atom stereocenters. The third kappa shape index (κ3) is 4.24. The Bertz CT molecular complexity index is 1020. The van der Waals surface area contributed by atoms with Gasteiger partial charge in [0.05, 0.1) is 4.92 Å². The van der Waals surface area contributed by atoms with Crippen LogP contribution in [0.3, 0.4) is 0 Å². The number of nitrogens with zero attached hydrogens (tertiary/aromatic N) is 4. The summed E-state index contributed by atoms with van der Waals surface area (Å²) in [5.74, 6) is -0.235. The van der Waals surface area contributed by atoms with Gasteiger partial charge >= 0.3 is 0 Å². The first-order valence-corrected chi connectivity index (χ1v) is 10.1. The van der Waals surface area contributed by atoms with Gasteiger partial charge in [-0.05, 0) is 18.9 Å². The number of aromatic nitrogens is 2. The number of para-hydroxylation sites is 2. The quantitative estimate of drug-likeness (QED) is 0.505. The van der Waals surface area contributed by atoms with Crippen molar-refractivity contribution in [1.82, 2.24) is 10.2 Å². The van der Waals surface area contributed by atoms with Crippen molar-refractivity contribution in [3.8, 4) is 10.6 Å². The van der Waals surface area contributed by atoms with Crippen LogP contribution in [-0.4, -0.2) is 34.1 Å². The third-order valence-corrected chi connectivity index (χ3v) is 5.85. The van der Waals surface area contributed by atoms with Crippen molar-refractivity contribution >= 4 is 33.8 Å². The molecule has 8 nitrogen and oxygen atoms in total. The molecule has 1 aromatic heterocycles. The molecule has 0 radical (unpaired) electrons. The predicted molar refractivity (Wildman–Crippen MR) is 112 cm³/mol. The van der Waals surface area contributed by atoms with Gasteiger partial charge in [0.25, 0.3) is 5.69 Å². The fourth-order valence-electron chi connectivity index (χ4n) is 3.45. The topological polar surface area (TPSA) is 101 Å². The molecule has 4 rings (SSSR count). The van der Waals surface area contributed by atoms with Crippen molar-refractivity contribution < 1.29 is 9.72 Å². The minimum atomic E-state index is -0.367. The normalized spacial score (nSPS) is 14.6. The van der Waals surface area contributed by atoms with Crippen molar-refractivity contribution in [3.63, 3.8) is 0 Å². The van der Waals surface area contributed by atoms with E-state index in [-0.39, 0.29) is 22.4 Å². The highest BCUT2D eigenvalue weighted by atomic mass is 32.1. The first-order valence-electron chi connectivity index (χ1n) is 9.30. The molecule has 29 heavy (non-hydrogen) atoms. The number of nitrogens with one attached hydrogen (secondary N) is 1. The van der Waals surface area contributed by atoms with Crippen LogP contribution >= 0.6 is 11.3 Å². The average molecular weight is 409 g/mol. The molecule has 0 spiro atoms. The number of amides is 1. The molecule has 0 bridgehead atoms. The second-order valence-electron chi connectivity index (χ2n) is 6.77. The summed E-state index contributed by atoms with van der Waals surface area (Å²) in [6.07, 6.45) is 1.25. The molecule has 9 heteroatoms. The fraction of sp³-hybridized carbons (Fsp3) is 0.250. The molecular weight excluding hydrogens is 390 g/mol. The zero-order valence-electron chi connectivity index (χ0n) is 15.5. The van der Waals surface area contributed by atoms with E-state index in [1.165, 1.54) is 17.4 Å². The largest absolute Gasteiger partial charge is 0.366 e. The van der Waals surface area contributed by atoms with Crippen LogP contribution in [0.25, 0.3) is 10.6 Å². The Morgan fingerprint density at radius 3 is 2.48 bits per heavy atom. The molecule has 1 saturated heterocycles. The lowest BCUT2D eigenvalue weighted by Gasteiger charge is -2.32. The van der Waals surface area contributed by atoms with E-state index in [9.17, 15) is 14.9 Å². The minimum Gasteiger partial charge on any atom is -0.366 e. The Morgan fingerprint density at radius 1 is 1.07 bits per heavy atom. The number of piperidine rings is 1. The van der Waals surface area contributed by atoms with Gasteiger partial charge in [-0.25, -0.2) is 0 Å². The van der Waals surface area contributed by atoms with Crippen LogP contribution in [0.1, 0.15) is 12.8 Å². The molecule has 0 saturated carbocycles. The van der Waals surface area contributed by atoms with Crippen LogP contribution in [0.2, 0.25) is 0 Å². The Kier molecular flexibility index (Phi) is 5.48. The smallest absolute Gasteiger partial charge is 0.292 e. The number of nitro groups is 1. The molecule has 148 valence electrons. The highest BCUT2D eigenvalue weighted by Gasteiger charge is 2.28. The molecule has 1 aliphatic rings. The van der Waals surface area contributed by atoms with Gasteiger partial charge in [0.1, 0.15) is 10.7 Å². The molecule has 1 aliphatic heterocycles. The van der Waals surface area contributed by atoms with E-state index in [0.29, 0.717) is 36.8 Å². The lowest BCUT2D eigenvalue weighted by atomic mass is 9.95. The first-order chi connectivity index (χ1) is 14.1. The van der Waals surface area contributed by atoms with Crippen LogP contribution in [0.4, 0.5) is 16.5 Å². The lowest BCUT2D eigenvalue weighted by molar-refractivity contribution is -0.384. The monoisotopic (exact) mass is 409 g/mol. The summed E-state index contributed by atoms with van der Waals surface area (Å²) in [5, 5.41) is 23.6. The van der Waals surface area contributed by atoms with E-state index in [1.54, 1.807) is 18.2 Å². The maximum Gasteiger partial charge on any atom is 0.292 e. The number of carbonyl (C=O) groups is 1. The number of nitro benzene ring substituents is 1. The Labute approximate surface area is 171 Å². The van der Waals surface area contributed by atoms with Crippen LogP contribution in [0, 0.1) is 16.0 Å². The number of benzene rings is 2. The van der Waals surface area contributed by atoms with E-state index in [0.717, 1.165) is 10.6 Å². The zero-order chi connectivity index (χ0) is 20.2. The lowest BCUT2D eigenvalue weighted by Crippen LogP contribution is -2.38. The standard InChI is InChI=1S/C20H19N5O3S/c26-18(21-20-23-22-19(29-20)15-6-2-1-3-7-15)14-10-12-24(13-11-14)16-8-4-5-9-17(16)25(27)28/h1-9,14H,10-13H2,(H,21,23,26). The summed E-state index contributed by atoms with van der Waals surface area (Å²) in [4.78, 5) is 25.5. The van der Waals surface area contributed by atoms with Crippen molar-refractivity contribution in [2.75, 3.05) is 23.3 Å². The number of anilines is 2. The summed E-state index contributed by atoms with van der Waals surface area (Å²) in [6, 6.07) is 16.4. The number of hydrogen-bond acceptors (Lipinski definition) is 7. The fourth-order valence-corrected chi connectivity index (χ4v) is 4.20. The van der Waals surface area contributed by atoms with Gasteiger partial charge in [-0.1, -0.05) is 53.8 Å². The van der Waals surface area contributed by atoms with Crippen molar-refractivity contribution in [3.05, 3.63) is 64.7 Å². The van der Waals surface area contributed by atoms with Gasteiger partial charge in [-0.3, -0.25) is 14.9 Å². The molecule has 1 N–H and O–H groups in total. The van der Waals surface area contributed by atoms with E-state index in [1.807, 2.05) is 35.2 Å². The average Bonchev–Trinajstić information content (AvgIpc) is 3.23. The molecule has 1 amide bonds. The van der Waals surface area contributed by atoms with Gasteiger partial charge in [0.2, 0.25) is 11.0 Å². The van der Waals surface area contributed by atoms with E-state index < -0.39 is 0 Å². The molecule has 0 atom stereocenters. The molecule has 2 heterocycles. The maximum atomic E-state index is 12.6. The van der Waals surface area contributed by atoms with Gasteiger partial charge < -0.3 is 10.2 Å². The SMILES string of the molecule is O=C(Nc1nnc(-c2ccccc2)s1)C1CCN(c2ccccc2[N+](=O)[O-])CC1. The van der Waals surface area contributed by atoms with Crippen LogP contribution in [-0.2, 0) is 4.79 Å². The summed E-state index contributed by atoms with van der Waals surface area (Å²) < 4.78 is 0. The van der Waals surface area contributed by atoms with Crippen LogP contribution in [0.5, 0.6) is 0 Å². The van der Waals surface area contributed by atoms with Crippen molar-refractivity contribution in [1.29, 1.82) is 0 Å². The van der Waals surface area contributed by atoms with Crippen LogP contribution in [0.15, 0.2) is 54.6 Å². The van der Waals surface area contributed by atoms with Gasteiger partial charge in [-0.15, -0.1) is 10.2 Å². The number of carbonyl (C=O) groups excluding carboxylic acids is 1. The predicted octanol–water partition coefficient (Wildman–Crippen LogP) is 3.97. The van der Waals surface area contributed by atoms with E-state index >= 15 is 0 Å². The third-order valence-electron chi connectivity index (χ3n) is 4.96. The first kappa shape index (κ1) is 19.0. The summed E-state index contributed by atoms with van der Waals surface area (Å²) >= 11 is 1.34. The Morgan fingerprint density at radius 2 is 1.76 bits per heavy atom. The van der Waals surface area contributed by atoms with E-state index in [4.69, 9.17) is 0 Å². The van der Waals surface area contributed by atoms with Crippen molar-refractivity contribution in [2.45, 2.75) is 12.8 Å². The highest BCUT2D eigenvalue weighted by Crippen LogP contribution is 2.32. The minimum absolute atomic E-state index is 0.0806. The van der Waals surface area contributed by atoms with Gasteiger partial charge in [-0.2, -0.15) is 0 Å². The van der Waals surface area contributed by atoms with Crippen molar-refractivity contribution in [2.24, 2.45) is 5.92 Å². The highest BCUT2D eigenvalue weighted by molar-refractivity contribution is 7.18. The molecule has 0 aliphatic carbocycles. The van der Waals surface area contributed by atoms with Gasteiger partial charge in [0, 0.05) is 30.6 Å². The molecule has 3 aromatic rings. The van der Waals surface area contributed by atoms with Crippen LogP contribution < -0.4 is 10.2 Å². The maximum absolute atomic E-state index is 12.6. The Hall–Kier alpha value is -3.33. The zero-order valence-corrected chi connectivity index (χ0v) is 16.3. The van der Waals surface area contributed by atoms with Gasteiger partial charge in [0.15, 0.2) is 0 Å². The summed E-state index contributed by atoms with van der Waals surface area (Å²) in [5.41, 5.74) is 1.66.